The molecule has 1 aliphatic carbocycles. The second-order valence-corrected chi connectivity index (χ2v) is 6.20. The SMILES string of the molecule is [2H]C([2H])([2H])Oc1ccc([C@@]23CC[C@H](O)C[C@@H]2N(C)CC3)cc1OC([2H])([2H])[2H]. The fraction of sp³-hybridized carbons (Fsp3) is 0.647. The molecular formula is C17H25NO3. The number of hydrogen-bond donors (Lipinski definition) is 1. The van der Waals surface area contributed by atoms with Crippen LogP contribution in [0.2, 0.25) is 0 Å². The third-order valence-electron chi connectivity index (χ3n) is 5.24. The summed E-state index contributed by atoms with van der Waals surface area (Å²) in [5.41, 5.74) is 0.667. The van der Waals surface area contributed by atoms with Crippen molar-refractivity contribution in [2.45, 2.75) is 43.2 Å². The molecule has 1 aliphatic heterocycles. The van der Waals surface area contributed by atoms with Crippen LogP contribution in [0.1, 0.15) is 39.5 Å². The number of rotatable bonds is 3. The number of aliphatic hydroxyl groups is 1. The molecule has 2 fully saturated rings. The highest BCUT2D eigenvalue weighted by molar-refractivity contribution is 5.46. The van der Waals surface area contributed by atoms with E-state index >= 15 is 0 Å². The van der Waals surface area contributed by atoms with E-state index in [2.05, 4.69) is 4.90 Å². The van der Waals surface area contributed by atoms with Crippen LogP contribution in [0.3, 0.4) is 0 Å². The van der Waals surface area contributed by atoms with Crippen molar-refractivity contribution in [3.05, 3.63) is 23.8 Å². The van der Waals surface area contributed by atoms with E-state index < -0.39 is 14.1 Å². The number of ether oxygens (including phenoxy) is 2. The molecule has 0 aromatic heterocycles. The minimum absolute atomic E-state index is 0.0996. The summed E-state index contributed by atoms with van der Waals surface area (Å²) in [6, 6.07) is 4.99. The molecule has 1 saturated heterocycles. The lowest BCUT2D eigenvalue weighted by Crippen LogP contribution is -2.47. The van der Waals surface area contributed by atoms with Crippen LogP contribution in [0.25, 0.3) is 0 Å². The van der Waals surface area contributed by atoms with E-state index in [0.29, 0.717) is 12.8 Å². The summed E-state index contributed by atoms with van der Waals surface area (Å²) in [6.45, 7) is 0.875. The van der Waals surface area contributed by atoms with E-state index in [1.54, 1.807) is 12.1 Å². The van der Waals surface area contributed by atoms with Crippen LogP contribution in [-0.2, 0) is 5.41 Å². The third kappa shape index (κ3) is 2.30. The Morgan fingerprint density at radius 3 is 2.90 bits per heavy atom. The molecule has 1 aromatic carbocycles. The lowest BCUT2D eigenvalue weighted by molar-refractivity contribution is 0.0566. The first kappa shape index (κ1) is 9.01. The molecule has 1 saturated carbocycles. The van der Waals surface area contributed by atoms with Crippen LogP contribution in [-0.4, -0.2) is 49.8 Å². The number of hydrogen-bond acceptors (Lipinski definition) is 4. The summed E-state index contributed by atoms with van der Waals surface area (Å²) < 4.78 is 54.1. The maximum absolute atomic E-state index is 10.1. The van der Waals surface area contributed by atoms with Crippen molar-refractivity contribution in [3.63, 3.8) is 0 Å². The van der Waals surface area contributed by atoms with Crippen molar-refractivity contribution in [2.75, 3.05) is 27.7 Å². The van der Waals surface area contributed by atoms with Crippen molar-refractivity contribution >= 4 is 0 Å². The minimum Gasteiger partial charge on any atom is -0.493 e. The van der Waals surface area contributed by atoms with Gasteiger partial charge in [0.2, 0.25) is 0 Å². The zero-order chi connectivity index (χ0) is 20.0. The largest absolute Gasteiger partial charge is 0.493 e. The summed E-state index contributed by atoms with van der Waals surface area (Å²) in [7, 11) is -3.41. The molecule has 0 radical (unpaired) electrons. The van der Waals surface area contributed by atoms with Gasteiger partial charge in [-0.15, -0.1) is 0 Å². The molecule has 2 aliphatic rings. The molecular weight excluding hydrogens is 266 g/mol. The molecule has 0 spiro atoms. The Morgan fingerprint density at radius 1 is 1.29 bits per heavy atom. The Kier molecular flexibility index (Phi) is 2.36. The predicted molar refractivity (Wildman–Crippen MR) is 82.1 cm³/mol. The normalized spacial score (nSPS) is 38.2. The number of likely N-dealkylation sites (N-methyl/N-ethyl adjacent to an activating group) is 1. The highest BCUT2D eigenvalue weighted by Crippen LogP contribution is 2.49. The highest BCUT2D eigenvalue weighted by atomic mass is 16.5. The van der Waals surface area contributed by atoms with E-state index in [0.717, 1.165) is 24.9 Å². The zero-order valence-corrected chi connectivity index (χ0v) is 12.1. The second kappa shape index (κ2) is 5.50. The summed E-state index contributed by atoms with van der Waals surface area (Å²) in [5, 5.41) is 10.1. The Hall–Kier alpha value is -1.26. The summed E-state index contributed by atoms with van der Waals surface area (Å²) >= 11 is 0. The van der Waals surface area contributed by atoms with Crippen molar-refractivity contribution in [1.82, 2.24) is 4.90 Å². The third-order valence-corrected chi connectivity index (χ3v) is 5.24. The molecule has 0 unspecified atom stereocenters. The molecule has 3 rings (SSSR count). The Bertz CT molecular complexity index is 692. The fourth-order valence-corrected chi connectivity index (χ4v) is 4.08. The average molecular weight is 297 g/mol. The van der Waals surface area contributed by atoms with Crippen molar-refractivity contribution in [2.24, 2.45) is 0 Å². The van der Waals surface area contributed by atoms with Crippen molar-refractivity contribution < 1.29 is 22.8 Å². The molecule has 21 heavy (non-hydrogen) atoms. The number of nitrogens with zero attached hydrogens (tertiary/aromatic N) is 1. The molecule has 3 atom stereocenters. The summed E-state index contributed by atoms with van der Waals surface area (Å²) in [5.74, 6) is -0.220. The molecule has 1 N–H and O–H groups in total. The first-order chi connectivity index (χ1) is 12.4. The molecule has 1 aromatic rings. The first-order valence-electron chi connectivity index (χ1n) is 10.3. The van der Waals surface area contributed by atoms with Crippen molar-refractivity contribution in [1.29, 1.82) is 0 Å². The topological polar surface area (TPSA) is 41.9 Å². The molecule has 116 valence electrons. The monoisotopic (exact) mass is 297 g/mol. The molecule has 0 amide bonds. The van der Waals surface area contributed by atoms with E-state index in [-0.39, 0.29) is 29.1 Å². The van der Waals surface area contributed by atoms with Crippen LogP contribution in [0.4, 0.5) is 0 Å². The van der Waals surface area contributed by atoms with Gasteiger partial charge in [0.05, 0.1) is 28.4 Å². The van der Waals surface area contributed by atoms with Gasteiger partial charge in [-0.3, -0.25) is 0 Å². The predicted octanol–water partition coefficient (Wildman–Crippen LogP) is 2.19. The Morgan fingerprint density at radius 2 is 2.10 bits per heavy atom. The Balaban J connectivity index is 2.02. The fourth-order valence-electron chi connectivity index (χ4n) is 4.08. The van der Waals surface area contributed by atoms with Gasteiger partial charge in [0.15, 0.2) is 11.5 Å². The smallest absolute Gasteiger partial charge is 0.161 e. The van der Waals surface area contributed by atoms with Crippen molar-refractivity contribution in [3.8, 4) is 11.5 Å². The van der Waals surface area contributed by atoms with Gasteiger partial charge in [-0.2, -0.15) is 0 Å². The van der Waals surface area contributed by atoms with Crippen LogP contribution in [0, 0.1) is 0 Å². The van der Waals surface area contributed by atoms with E-state index in [1.807, 2.05) is 7.05 Å². The van der Waals surface area contributed by atoms with E-state index in [1.165, 1.54) is 6.07 Å². The van der Waals surface area contributed by atoms with Crippen LogP contribution in [0.5, 0.6) is 11.5 Å². The van der Waals surface area contributed by atoms with Crippen LogP contribution < -0.4 is 9.47 Å². The standard InChI is InChI=1S/C17H25NO3/c1-18-9-8-17(7-6-13(19)11-16(17)18)12-4-5-14(20-2)15(10-12)21-3/h4-5,10,13,16,19H,6-9,11H2,1-3H3/t13-,16-,17-/m0/s1/i2D3,3D3. The second-order valence-electron chi connectivity index (χ2n) is 6.20. The zero-order valence-electron chi connectivity index (χ0n) is 18.1. The van der Waals surface area contributed by atoms with Gasteiger partial charge in [0.25, 0.3) is 0 Å². The Labute approximate surface area is 135 Å². The van der Waals surface area contributed by atoms with Gasteiger partial charge in [-0.25, -0.2) is 0 Å². The van der Waals surface area contributed by atoms with Gasteiger partial charge in [0, 0.05) is 11.5 Å². The van der Waals surface area contributed by atoms with Gasteiger partial charge in [-0.05, 0) is 57.0 Å². The molecule has 4 nitrogen and oxygen atoms in total. The van der Waals surface area contributed by atoms with Crippen LogP contribution in [0.15, 0.2) is 18.2 Å². The summed E-state index contributed by atoms with van der Waals surface area (Å²) in [6.07, 6.45) is 2.64. The average Bonchev–Trinajstić information content (AvgIpc) is 2.84. The highest BCUT2D eigenvalue weighted by Gasteiger charge is 2.50. The molecule has 4 heteroatoms. The number of likely N-dealkylation sites (tertiary alicyclic amines) is 1. The van der Waals surface area contributed by atoms with Gasteiger partial charge in [0.1, 0.15) is 0 Å². The molecule has 0 bridgehead atoms. The van der Waals surface area contributed by atoms with E-state index in [9.17, 15) is 5.11 Å². The first-order valence-corrected chi connectivity index (χ1v) is 7.30. The summed E-state index contributed by atoms with van der Waals surface area (Å²) in [4.78, 5) is 2.22. The van der Waals surface area contributed by atoms with Gasteiger partial charge >= 0.3 is 0 Å². The maximum atomic E-state index is 10.1. The van der Waals surface area contributed by atoms with E-state index in [4.69, 9.17) is 17.7 Å². The number of fused-ring (bicyclic) bond motifs is 1. The van der Waals surface area contributed by atoms with Gasteiger partial charge in [-0.1, -0.05) is 6.07 Å². The quantitative estimate of drug-likeness (QED) is 0.928. The maximum Gasteiger partial charge on any atom is 0.161 e. The van der Waals surface area contributed by atoms with Crippen LogP contribution >= 0.6 is 0 Å². The number of benzene rings is 1. The minimum atomic E-state index is -2.72. The van der Waals surface area contributed by atoms with Gasteiger partial charge < -0.3 is 19.5 Å². The lowest BCUT2D eigenvalue weighted by atomic mass is 9.65. The molecule has 1 heterocycles. The number of aliphatic hydroxyl groups excluding tert-OH is 1. The lowest BCUT2D eigenvalue weighted by Gasteiger charge is -2.43. The number of methoxy groups -OCH3 is 2.